The molecule has 4 N–H and O–H groups in total. The number of hydrogen-bond acceptors (Lipinski definition) is 3. The number of carboxylic acid groups (broad SMARTS) is 1. The first kappa shape index (κ1) is 15.1. The van der Waals surface area contributed by atoms with Crippen LogP contribution in [0.3, 0.4) is 0 Å². The van der Waals surface area contributed by atoms with Crippen molar-refractivity contribution in [1.29, 1.82) is 0 Å². The van der Waals surface area contributed by atoms with Crippen LogP contribution in [0.2, 0.25) is 0 Å². The van der Waals surface area contributed by atoms with Crippen molar-refractivity contribution in [2.45, 2.75) is 38.2 Å². The molecule has 0 bridgehead atoms. The van der Waals surface area contributed by atoms with Crippen molar-refractivity contribution in [3.05, 3.63) is 0 Å². The summed E-state index contributed by atoms with van der Waals surface area (Å²) < 4.78 is 23.7. The molecule has 0 aromatic carbocycles. The Morgan fingerprint density at radius 2 is 1.63 bits per heavy atom. The van der Waals surface area contributed by atoms with Crippen LogP contribution in [0.1, 0.15) is 25.7 Å². The van der Waals surface area contributed by atoms with E-state index in [1.165, 1.54) is 0 Å². The Morgan fingerprint density at radius 1 is 1.05 bits per heavy atom. The number of alkyl halides is 2. The molecular weight excluding hydrogens is 264 g/mol. The van der Waals surface area contributed by atoms with E-state index in [0.29, 0.717) is 25.7 Å². The second kappa shape index (κ2) is 6.86. The summed E-state index contributed by atoms with van der Waals surface area (Å²) in [4.78, 5) is 32.5. The average Bonchev–Trinajstić information content (AvgIpc) is 2.35. The molecule has 0 heterocycles. The minimum absolute atomic E-state index is 0.197. The van der Waals surface area contributed by atoms with Gasteiger partial charge in [-0.15, -0.1) is 0 Å². The van der Waals surface area contributed by atoms with Crippen LogP contribution in [0.5, 0.6) is 0 Å². The van der Waals surface area contributed by atoms with Crippen molar-refractivity contribution in [3.8, 4) is 0 Å². The number of carbonyl (C=O) groups excluding carboxylic acids is 2. The summed E-state index contributed by atoms with van der Waals surface area (Å²) in [5, 5.41) is 10.9. The highest BCUT2D eigenvalue weighted by molar-refractivity contribution is 5.84. The highest BCUT2D eigenvalue weighted by atomic mass is 19.3. The van der Waals surface area contributed by atoms with Gasteiger partial charge in [0, 0.05) is 12.0 Å². The van der Waals surface area contributed by atoms with Crippen molar-refractivity contribution >= 4 is 17.9 Å². The number of rotatable bonds is 3. The molecule has 7 nitrogen and oxygen atoms in total. The molecule has 1 rings (SSSR count). The Labute approximate surface area is 107 Å². The molecule has 1 fully saturated rings. The van der Waals surface area contributed by atoms with E-state index in [1.54, 1.807) is 5.43 Å². The summed E-state index contributed by atoms with van der Waals surface area (Å²) in [5.74, 6) is -2.51. The van der Waals surface area contributed by atoms with Crippen LogP contribution in [0.4, 0.5) is 13.6 Å². The van der Waals surface area contributed by atoms with Crippen molar-refractivity contribution in [2.75, 3.05) is 0 Å². The number of hydrazine groups is 1. The molecule has 0 atom stereocenters. The van der Waals surface area contributed by atoms with Gasteiger partial charge in [0.25, 0.3) is 0 Å². The zero-order valence-electron chi connectivity index (χ0n) is 9.99. The third-order valence-electron chi connectivity index (χ3n) is 2.93. The van der Waals surface area contributed by atoms with E-state index in [0.717, 1.165) is 0 Å². The maximum Gasteiger partial charge on any atom is 0.404 e. The SMILES string of the molecule is O=C(O)N[C@H]1CC[C@H](C(=O)NNC(=O)C(F)F)CC1. The number of amides is 3. The predicted molar refractivity (Wildman–Crippen MR) is 59.2 cm³/mol. The Kier molecular flexibility index (Phi) is 5.46. The number of carbonyl (C=O) groups is 3. The molecule has 0 aromatic rings. The third kappa shape index (κ3) is 5.06. The molecule has 0 aromatic heterocycles. The van der Waals surface area contributed by atoms with Gasteiger partial charge in [0.05, 0.1) is 0 Å². The lowest BCUT2D eigenvalue weighted by Gasteiger charge is -2.27. The van der Waals surface area contributed by atoms with Gasteiger partial charge in [-0.1, -0.05) is 0 Å². The van der Waals surface area contributed by atoms with Crippen LogP contribution in [0.25, 0.3) is 0 Å². The number of nitrogens with one attached hydrogen (secondary N) is 3. The molecule has 0 aliphatic heterocycles. The Balaban J connectivity index is 2.29. The highest BCUT2D eigenvalue weighted by Crippen LogP contribution is 2.24. The monoisotopic (exact) mass is 279 g/mol. The van der Waals surface area contributed by atoms with Crippen molar-refractivity contribution < 1.29 is 28.3 Å². The quantitative estimate of drug-likeness (QED) is 0.554. The summed E-state index contributed by atoms with van der Waals surface area (Å²) in [6, 6.07) is -0.197. The Hall–Kier alpha value is -1.93. The topological polar surface area (TPSA) is 108 Å². The standard InChI is InChI=1S/C10H15F2N3O4/c11-7(12)9(17)15-14-8(16)5-1-3-6(4-2-5)13-10(18)19/h5-7,13H,1-4H2,(H,14,16)(H,15,17)(H,18,19)/t5-,6-. The minimum Gasteiger partial charge on any atom is -0.465 e. The first-order valence-corrected chi connectivity index (χ1v) is 5.77. The maximum atomic E-state index is 11.9. The summed E-state index contributed by atoms with van der Waals surface area (Å²) >= 11 is 0. The third-order valence-corrected chi connectivity index (χ3v) is 2.93. The summed E-state index contributed by atoms with van der Waals surface area (Å²) in [7, 11) is 0. The van der Waals surface area contributed by atoms with Crippen molar-refractivity contribution in [1.82, 2.24) is 16.2 Å². The second-order valence-corrected chi connectivity index (χ2v) is 4.28. The lowest BCUT2D eigenvalue weighted by Crippen LogP contribution is -2.48. The van der Waals surface area contributed by atoms with Crippen LogP contribution < -0.4 is 16.2 Å². The van der Waals surface area contributed by atoms with Gasteiger partial charge < -0.3 is 10.4 Å². The zero-order chi connectivity index (χ0) is 14.4. The van der Waals surface area contributed by atoms with Crippen LogP contribution >= 0.6 is 0 Å². The molecule has 0 radical (unpaired) electrons. The van der Waals surface area contributed by atoms with E-state index in [9.17, 15) is 23.2 Å². The van der Waals surface area contributed by atoms with Gasteiger partial charge in [0.15, 0.2) is 0 Å². The molecule has 1 aliphatic rings. The molecule has 1 saturated carbocycles. The van der Waals surface area contributed by atoms with Gasteiger partial charge in [-0.3, -0.25) is 20.4 Å². The van der Waals surface area contributed by atoms with Gasteiger partial charge in [-0.25, -0.2) is 4.79 Å². The molecule has 9 heteroatoms. The molecule has 0 spiro atoms. The minimum atomic E-state index is -3.18. The first-order chi connectivity index (χ1) is 8.90. The van der Waals surface area contributed by atoms with Gasteiger partial charge in [0.2, 0.25) is 5.91 Å². The lowest BCUT2D eigenvalue weighted by atomic mass is 9.85. The fourth-order valence-corrected chi connectivity index (χ4v) is 1.95. The van der Waals surface area contributed by atoms with E-state index in [2.05, 4.69) is 5.32 Å². The lowest BCUT2D eigenvalue weighted by molar-refractivity contribution is -0.137. The molecular formula is C10H15F2N3O4. The molecule has 1 aliphatic carbocycles. The fraction of sp³-hybridized carbons (Fsp3) is 0.700. The number of halogens is 2. The maximum absolute atomic E-state index is 11.9. The average molecular weight is 279 g/mol. The molecule has 108 valence electrons. The predicted octanol–water partition coefficient (Wildman–Crippen LogP) is 0.225. The normalized spacial score (nSPS) is 22.7. The first-order valence-electron chi connectivity index (χ1n) is 5.77. The van der Waals surface area contributed by atoms with Crippen molar-refractivity contribution in [2.24, 2.45) is 5.92 Å². The van der Waals surface area contributed by atoms with Gasteiger partial charge in [-0.2, -0.15) is 8.78 Å². The van der Waals surface area contributed by atoms with E-state index >= 15 is 0 Å². The van der Waals surface area contributed by atoms with E-state index < -0.39 is 30.3 Å². The largest absolute Gasteiger partial charge is 0.465 e. The molecule has 19 heavy (non-hydrogen) atoms. The zero-order valence-corrected chi connectivity index (χ0v) is 9.99. The van der Waals surface area contributed by atoms with Gasteiger partial charge >= 0.3 is 18.4 Å². The highest BCUT2D eigenvalue weighted by Gasteiger charge is 2.27. The Morgan fingerprint density at radius 3 is 2.11 bits per heavy atom. The summed E-state index contributed by atoms with van der Waals surface area (Å²) in [5.41, 5.74) is 3.56. The van der Waals surface area contributed by atoms with E-state index in [1.807, 2.05) is 5.43 Å². The number of hydrogen-bond donors (Lipinski definition) is 4. The summed E-state index contributed by atoms with van der Waals surface area (Å²) in [6.45, 7) is 0. The fourth-order valence-electron chi connectivity index (χ4n) is 1.95. The van der Waals surface area contributed by atoms with E-state index in [4.69, 9.17) is 5.11 Å². The van der Waals surface area contributed by atoms with Gasteiger partial charge in [-0.05, 0) is 25.7 Å². The van der Waals surface area contributed by atoms with Crippen molar-refractivity contribution in [3.63, 3.8) is 0 Å². The summed E-state index contributed by atoms with van der Waals surface area (Å²) in [6.07, 6.45) is -2.45. The van der Waals surface area contributed by atoms with Crippen LogP contribution in [0.15, 0.2) is 0 Å². The molecule has 0 saturated heterocycles. The Bertz CT molecular complexity index is 357. The smallest absolute Gasteiger partial charge is 0.404 e. The second-order valence-electron chi connectivity index (χ2n) is 4.28. The van der Waals surface area contributed by atoms with Crippen LogP contribution in [-0.2, 0) is 9.59 Å². The van der Waals surface area contributed by atoms with Gasteiger partial charge in [0.1, 0.15) is 0 Å². The molecule has 0 unspecified atom stereocenters. The molecule has 3 amide bonds. The van der Waals surface area contributed by atoms with E-state index in [-0.39, 0.29) is 6.04 Å². The van der Waals surface area contributed by atoms with Crippen LogP contribution in [0, 0.1) is 5.92 Å². The van der Waals surface area contributed by atoms with Crippen LogP contribution in [-0.4, -0.2) is 35.5 Å².